The average Bonchev–Trinajstić information content (AvgIpc) is 2.16. The van der Waals surface area contributed by atoms with Gasteiger partial charge in [0.1, 0.15) is 0 Å². The number of nitrogens with zero attached hydrogens (tertiary/aromatic N) is 2. The third-order valence-electron chi connectivity index (χ3n) is 1.15. The van der Waals surface area contributed by atoms with Crippen LogP contribution in [0, 0.1) is 19.9 Å². The predicted molar refractivity (Wildman–Crippen MR) is 40.4 cm³/mol. The Hall–Kier alpha value is 0.313. The van der Waals surface area contributed by atoms with E-state index in [-0.39, 0.29) is 0 Å². The number of hydrogen-bond donors (Lipinski definition) is 0. The van der Waals surface area contributed by atoms with Gasteiger partial charge in [-0.15, -0.1) is 11.4 Å². The summed E-state index contributed by atoms with van der Waals surface area (Å²) >= 11 is 4.25. The molecule has 0 unspecified atom stereocenters. The maximum atomic E-state index is 4.07. The summed E-state index contributed by atoms with van der Waals surface area (Å²) in [6.45, 7) is 3.92. The van der Waals surface area contributed by atoms with E-state index in [9.17, 15) is 0 Å². The number of hydrogen-bond acceptors (Lipinski definition) is 1. The standard InChI is InChI=1S/C6H9N2.BrH.Zn/c1-5-4-6(2)8(3)7-5;;/h1-3H3;1H;/q-1;;+2/p-1. The fourth-order valence-corrected chi connectivity index (χ4v) is 0.668. The van der Waals surface area contributed by atoms with Crippen molar-refractivity contribution < 1.29 is 16.3 Å². The Labute approximate surface area is 78.0 Å². The van der Waals surface area contributed by atoms with Crippen LogP contribution in [0.2, 0.25) is 0 Å². The zero-order valence-electron chi connectivity index (χ0n) is 6.48. The van der Waals surface area contributed by atoms with Gasteiger partial charge in [0.05, 0.1) is 0 Å². The predicted octanol–water partition coefficient (Wildman–Crippen LogP) is 1.68. The normalized spacial score (nSPS) is 8.60. The molecule has 1 aromatic rings. The van der Waals surface area contributed by atoms with Gasteiger partial charge in [-0.1, -0.05) is 13.8 Å². The van der Waals surface area contributed by atoms with E-state index in [4.69, 9.17) is 0 Å². The van der Waals surface area contributed by atoms with Crippen LogP contribution in [0.3, 0.4) is 0 Å². The van der Waals surface area contributed by atoms with Crippen molar-refractivity contribution in [2.75, 3.05) is 0 Å². The van der Waals surface area contributed by atoms with E-state index in [0.717, 1.165) is 11.4 Å². The molecule has 0 aliphatic heterocycles. The van der Waals surface area contributed by atoms with Crippen molar-refractivity contribution >= 4 is 13.6 Å². The molecule has 4 heteroatoms. The topological polar surface area (TPSA) is 17.8 Å². The van der Waals surface area contributed by atoms with Crippen LogP contribution in [0.25, 0.3) is 0 Å². The second kappa shape index (κ2) is 5.03. The first-order chi connectivity index (χ1) is 4.70. The van der Waals surface area contributed by atoms with Crippen LogP contribution in [0.4, 0.5) is 0 Å². The van der Waals surface area contributed by atoms with Crippen LogP contribution in [-0.4, -0.2) is 9.78 Å². The molecule has 0 amide bonds. The van der Waals surface area contributed by atoms with Gasteiger partial charge in [-0.2, -0.15) is 0 Å². The summed E-state index contributed by atoms with van der Waals surface area (Å²) in [5, 5.41) is 4.07. The van der Waals surface area contributed by atoms with Crippen molar-refractivity contribution in [2.45, 2.75) is 13.8 Å². The molecule has 0 N–H and O–H groups in total. The molecule has 52 valence electrons. The maximum absolute atomic E-state index is 4.07. The number of halogens is 1. The van der Waals surface area contributed by atoms with Crippen molar-refractivity contribution in [3.8, 4) is 0 Å². The first kappa shape index (κ1) is 10.3. The van der Waals surface area contributed by atoms with E-state index in [2.05, 4.69) is 24.8 Å². The van der Waals surface area contributed by atoms with Crippen molar-refractivity contribution in [3.63, 3.8) is 0 Å². The quantitative estimate of drug-likeness (QED) is 0.509. The summed E-state index contributed by atoms with van der Waals surface area (Å²) in [5.41, 5.74) is 2.05. The van der Waals surface area contributed by atoms with E-state index in [1.54, 1.807) is 0 Å². The van der Waals surface area contributed by atoms with Crippen molar-refractivity contribution in [3.05, 3.63) is 17.5 Å². The number of rotatable bonds is 0. The van der Waals surface area contributed by atoms with E-state index < -0.39 is 0 Å². The summed E-state index contributed by atoms with van der Waals surface area (Å²) in [7, 11) is 1.92. The second-order valence-electron chi connectivity index (χ2n) is 1.92. The molecule has 2 nitrogen and oxygen atoms in total. The molecule has 1 aromatic heterocycles. The molecule has 0 saturated heterocycles. The van der Waals surface area contributed by atoms with E-state index in [1.807, 2.05) is 25.6 Å². The van der Waals surface area contributed by atoms with Crippen LogP contribution >= 0.6 is 13.6 Å². The minimum absolute atomic E-state index is 0.963. The summed E-state index contributed by atoms with van der Waals surface area (Å²) in [6, 6.07) is 3.06. The Morgan fingerprint density at radius 1 is 1.50 bits per heavy atom. The van der Waals surface area contributed by atoms with Crippen molar-refractivity contribution in [1.29, 1.82) is 0 Å². The second-order valence-corrected chi connectivity index (χ2v) is 1.92. The van der Waals surface area contributed by atoms with Gasteiger partial charge < -0.3 is 10.7 Å². The van der Waals surface area contributed by atoms with Gasteiger partial charge in [0.25, 0.3) is 0 Å². The monoisotopic (exact) mass is 252 g/mol. The van der Waals surface area contributed by atoms with Crippen LogP contribution in [0.15, 0.2) is 0 Å². The van der Waals surface area contributed by atoms with Crippen LogP contribution < -0.4 is 0 Å². The van der Waals surface area contributed by atoms with Gasteiger partial charge in [0, 0.05) is 7.05 Å². The van der Waals surface area contributed by atoms with Gasteiger partial charge in [0.15, 0.2) is 0 Å². The molecule has 0 aliphatic carbocycles. The van der Waals surface area contributed by atoms with E-state index >= 15 is 0 Å². The Balaban J connectivity index is 0.000000371. The third kappa shape index (κ3) is 2.93. The third-order valence-corrected chi connectivity index (χ3v) is 1.15. The molecular weight excluding hydrogens is 245 g/mol. The SMILES string of the molecule is Cc1[c-]c(C)n(C)n1.[Zn+][Br]. The van der Waals surface area contributed by atoms with Crippen molar-refractivity contribution in [2.24, 2.45) is 7.05 Å². The van der Waals surface area contributed by atoms with Gasteiger partial charge >= 0.3 is 30.0 Å². The minimum atomic E-state index is 0.963. The molecular formula is C6H9BrN2Zn. The summed E-state index contributed by atoms with van der Waals surface area (Å²) in [5.74, 6) is 0. The molecule has 0 atom stereocenters. The molecule has 1 heterocycles. The molecule has 10 heavy (non-hydrogen) atoms. The summed E-state index contributed by atoms with van der Waals surface area (Å²) < 4.78 is 1.81. The Bertz CT molecular complexity index is 178. The van der Waals surface area contributed by atoms with E-state index in [1.165, 1.54) is 16.3 Å². The van der Waals surface area contributed by atoms with Crippen LogP contribution in [-0.2, 0) is 23.4 Å². The molecule has 0 bridgehead atoms. The first-order valence-electron chi connectivity index (χ1n) is 2.86. The Morgan fingerprint density at radius 2 is 2.00 bits per heavy atom. The molecule has 1 rings (SSSR count). The summed E-state index contributed by atoms with van der Waals surface area (Å²) in [6.07, 6.45) is 0. The van der Waals surface area contributed by atoms with Gasteiger partial charge in [-0.3, -0.25) is 0 Å². The Kier molecular flexibility index (Phi) is 5.19. The molecule has 0 fully saturated rings. The van der Waals surface area contributed by atoms with Crippen molar-refractivity contribution in [1.82, 2.24) is 9.78 Å². The molecule has 0 radical (unpaired) electrons. The van der Waals surface area contributed by atoms with Gasteiger partial charge in [0.2, 0.25) is 0 Å². The molecule has 0 saturated carbocycles. The molecule has 0 aliphatic rings. The molecule has 0 aromatic carbocycles. The first-order valence-corrected chi connectivity index (χ1v) is 9.81. The average molecular weight is 254 g/mol. The van der Waals surface area contributed by atoms with Crippen LogP contribution in [0.1, 0.15) is 11.4 Å². The number of aromatic nitrogens is 2. The zero-order valence-corrected chi connectivity index (χ0v) is 11.0. The summed E-state index contributed by atoms with van der Waals surface area (Å²) in [4.78, 5) is 0. The van der Waals surface area contributed by atoms with Gasteiger partial charge in [-0.05, 0) is 0 Å². The number of aryl methyl sites for hydroxylation is 3. The van der Waals surface area contributed by atoms with Crippen LogP contribution in [0.5, 0.6) is 0 Å². The fraction of sp³-hybridized carbons (Fsp3) is 0.500. The molecule has 0 spiro atoms. The van der Waals surface area contributed by atoms with Gasteiger partial charge in [-0.25, -0.2) is 5.10 Å². The fourth-order valence-electron chi connectivity index (χ4n) is 0.668. The zero-order chi connectivity index (χ0) is 8.15. The Morgan fingerprint density at radius 3 is 2.10 bits per heavy atom. The van der Waals surface area contributed by atoms with E-state index in [0.29, 0.717) is 0 Å².